The minimum absolute atomic E-state index is 0.168. The molecule has 2 heterocycles. The molecule has 3 unspecified atom stereocenters. The second-order valence-corrected chi connectivity index (χ2v) is 6.31. The number of rotatable bonds is 7. The summed E-state index contributed by atoms with van der Waals surface area (Å²) >= 11 is 0. The van der Waals surface area contributed by atoms with Crippen molar-refractivity contribution >= 4 is 0 Å². The first-order valence-corrected chi connectivity index (χ1v) is 7.26. The SMILES string of the molecule is COCCOCC(O)CN1CC2CNCC2C1(C)C. The highest BCUT2D eigenvalue weighted by Crippen LogP contribution is 2.40. The number of aliphatic hydroxyl groups is 1. The number of likely N-dealkylation sites (tertiary alicyclic amines) is 1. The molecule has 0 amide bonds. The Hall–Kier alpha value is -0.200. The van der Waals surface area contributed by atoms with Crippen molar-refractivity contribution in [3.05, 3.63) is 0 Å². The average Bonchev–Trinajstić information content (AvgIpc) is 2.90. The largest absolute Gasteiger partial charge is 0.389 e. The van der Waals surface area contributed by atoms with Crippen LogP contribution in [0.15, 0.2) is 0 Å². The summed E-state index contributed by atoms with van der Waals surface area (Å²) in [6, 6.07) is 0. The van der Waals surface area contributed by atoms with E-state index in [1.807, 2.05) is 0 Å². The fourth-order valence-corrected chi connectivity index (χ4v) is 3.48. The lowest BCUT2D eigenvalue weighted by molar-refractivity contribution is -0.0117. The van der Waals surface area contributed by atoms with Gasteiger partial charge in [-0.05, 0) is 32.2 Å². The molecule has 0 aromatic heterocycles. The standard InChI is InChI=1S/C14H28N2O3/c1-14(2)13-7-15-6-11(13)8-16(14)9-12(17)10-19-5-4-18-3/h11-13,15,17H,4-10H2,1-3H3. The van der Waals surface area contributed by atoms with Gasteiger partial charge in [0.1, 0.15) is 0 Å². The third kappa shape index (κ3) is 3.47. The molecule has 2 N–H and O–H groups in total. The maximum Gasteiger partial charge on any atom is 0.0900 e. The molecule has 0 aliphatic carbocycles. The summed E-state index contributed by atoms with van der Waals surface area (Å²) in [5.74, 6) is 1.44. The lowest BCUT2D eigenvalue weighted by atomic mass is 9.85. The van der Waals surface area contributed by atoms with Crippen LogP contribution < -0.4 is 5.32 Å². The number of methoxy groups -OCH3 is 1. The van der Waals surface area contributed by atoms with Crippen molar-refractivity contribution < 1.29 is 14.6 Å². The number of β-amino-alcohol motifs (C(OH)–C–C–N with tert-alkyl or cyclic N) is 1. The predicted molar refractivity (Wildman–Crippen MR) is 74.2 cm³/mol. The zero-order valence-electron chi connectivity index (χ0n) is 12.4. The predicted octanol–water partition coefficient (Wildman–Crippen LogP) is -0.0599. The fraction of sp³-hybridized carbons (Fsp3) is 1.00. The van der Waals surface area contributed by atoms with E-state index in [0.717, 1.165) is 25.6 Å². The van der Waals surface area contributed by atoms with Gasteiger partial charge in [-0.3, -0.25) is 4.90 Å². The van der Waals surface area contributed by atoms with Gasteiger partial charge in [-0.25, -0.2) is 0 Å². The third-order valence-electron chi connectivity index (χ3n) is 4.69. The van der Waals surface area contributed by atoms with Crippen LogP contribution in [0.3, 0.4) is 0 Å². The zero-order chi connectivity index (χ0) is 13.9. The fourth-order valence-electron chi connectivity index (χ4n) is 3.48. The van der Waals surface area contributed by atoms with E-state index >= 15 is 0 Å². The first-order valence-electron chi connectivity index (χ1n) is 7.26. The van der Waals surface area contributed by atoms with Crippen molar-refractivity contribution in [1.29, 1.82) is 0 Å². The Balaban J connectivity index is 1.76. The molecule has 0 aromatic rings. The molecule has 0 saturated carbocycles. The summed E-state index contributed by atoms with van der Waals surface area (Å²) in [6.07, 6.45) is -0.414. The van der Waals surface area contributed by atoms with Crippen molar-refractivity contribution in [3.8, 4) is 0 Å². The highest BCUT2D eigenvalue weighted by Gasteiger charge is 2.49. The van der Waals surface area contributed by atoms with Gasteiger partial charge < -0.3 is 19.9 Å². The molecule has 112 valence electrons. The Morgan fingerprint density at radius 1 is 1.37 bits per heavy atom. The number of nitrogens with one attached hydrogen (secondary N) is 1. The Kier molecular flexibility index (Phi) is 5.20. The van der Waals surface area contributed by atoms with E-state index in [4.69, 9.17) is 9.47 Å². The zero-order valence-corrected chi connectivity index (χ0v) is 12.4. The van der Waals surface area contributed by atoms with Gasteiger partial charge in [0.15, 0.2) is 0 Å². The van der Waals surface area contributed by atoms with Crippen molar-refractivity contribution in [3.63, 3.8) is 0 Å². The number of nitrogens with zero attached hydrogens (tertiary/aromatic N) is 1. The van der Waals surface area contributed by atoms with E-state index in [9.17, 15) is 5.11 Å². The van der Waals surface area contributed by atoms with Gasteiger partial charge in [0.2, 0.25) is 0 Å². The molecule has 0 spiro atoms. The highest BCUT2D eigenvalue weighted by atomic mass is 16.5. The van der Waals surface area contributed by atoms with Crippen LogP contribution in [0, 0.1) is 11.8 Å². The normalized spacial score (nSPS) is 31.6. The van der Waals surface area contributed by atoms with Gasteiger partial charge in [0.25, 0.3) is 0 Å². The molecule has 19 heavy (non-hydrogen) atoms. The quantitative estimate of drug-likeness (QED) is 0.636. The number of hydrogen-bond acceptors (Lipinski definition) is 5. The molecular formula is C14H28N2O3. The van der Waals surface area contributed by atoms with E-state index in [2.05, 4.69) is 24.1 Å². The van der Waals surface area contributed by atoms with Crippen LogP contribution in [0.4, 0.5) is 0 Å². The van der Waals surface area contributed by atoms with E-state index < -0.39 is 6.10 Å². The maximum absolute atomic E-state index is 10.1. The Labute approximate surface area is 116 Å². The van der Waals surface area contributed by atoms with E-state index in [-0.39, 0.29) is 5.54 Å². The van der Waals surface area contributed by atoms with Gasteiger partial charge >= 0.3 is 0 Å². The molecule has 0 radical (unpaired) electrons. The molecular weight excluding hydrogens is 244 g/mol. The summed E-state index contributed by atoms with van der Waals surface area (Å²) in [5, 5.41) is 13.6. The van der Waals surface area contributed by atoms with Gasteiger partial charge in [0.05, 0.1) is 25.9 Å². The first-order chi connectivity index (χ1) is 9.05. The molecule has 2 rings (SSSR count). The van der Waals surface area contributed by atoms with Crippen LogP contribution >= 0.6 is 0 Å². The van der Waals surface area contributed by atoms with Crippen LogP contribution in [0.25, 0.3) is 0 Å². The minimum atomic E-state index is -0.414. The Morgan fingerprint density at radius 2 is 2.16 bits per heavy atom. The van der Waals surface area contributed by atoms with E-state index in [1.165, 1.54) is 0 Å². The second kappa shape index (κ2) is 6.50. The van der Waals surface area contributed by atoms with Crippen LogP contribution in [-0.4, -0.2) is 74.8 Å². The van der Waals surface area contributed by atoms with Crippen LogP contribution in [-0.2, 0) is 9.47 Å². The summed E-state index contributed by atoms with van der Waals surface area (Å²) < 4.78 is 10.3. The monoisotopic (exact) mass is 272 g/mol. The third-order valence-corrected chi connectivity index (χ3v) is 4.69. The summed E-state index contributed by atoms with van der Waals surface area (Å²) in [5.41, 5.74) is 0.168. The molecule has 0 aromatic carbocycles. The number of ether oxygens (including phenoxy) is 2. The van der Waals surface area contributed by atoms with Crippen LogP contribution in [0.2, 0.25) is 0 Å². The number of fused-ring (bicyclic) bond motifs is 1. The minimum Gasteiger partial charge on any atom is -0.389 e. The first kappa shape index (κ1) is 15.2. The molecule has 2 aliphatic heterocycles. The maximum atomic E-state index is 10.1. The molecule has 3 atom stereocenters. The lowest BCUT2D eigenvalue weighted by Crippen LogP contribution is -2.48. The summed E-state index contributed by atoms with van der Waals surface area (Å²) in [6.45, 7) is 10.1. The summed E-state index contributed by atoms with van der Waals surface area (Å²) in [4.78, 5) is 2.42. The molecule has 2 fully saturated rings. The Morgan fingerprint density at radius 3 is 2.84 bits per heavy atom. The van der Waals surface area contributed by atoms with Crippen LogP contribution in [0.5, 0.6) is 0 Å². The lowest BCUT2D eigenvalue weighted by Gasteiger charge is -2.36. The molecule has 2 aliphatic rings. The van der Waals surface area contributed by atoms with Gasteiger partial charge in [-0.2, -0.15) is 0 Å². The van der Waals surface area contributed by atoms with Crippen LogP contribution in [0.1, 0.15) is 13.8 Å². The average molecular weight is 272 g/mol. The topological polar surface area (TPSA) is 54.0 Å². The number of hydrogen-bond donors (Lipinski definition) is 2. The highest BCUT2D eigenvalue weighted by molar-refractivity contribution is 5.04. The van der Waals surface area contributed by atoms with Crippen molar-refractivity contribution in [2.24, 2.45) is 11.8 Å². The van der Waals surface area contributed by atoms with Crippen molar-refractivity contribution in [2.75, 3.05) is 53.1 Å². The van der Waals surface area contributed by atoms with E-state index in [0.29, 0.717) is 32.3 Å². The molecule has 5 heteroatoms. The molecule has 5 nitrogen and oxygen atoms in total. The molecule has 0 bridgehead atoms. The van der Waals surface area contributed by atoms with Gasteiger partial charge in [-0.15, -0.1) is 0 Å². The van der Waals surface area contributed by atoms with Crippen molar-refractivity contribution in [1.82, 2.24) is 10.2 Å². The van der Waals surface area contributed by atoms with Gasteiger partial charge in [0, 0.05) is 32.3 Å². The van der Waals surface area contributed by atoms with E-state index in [1.54, 1.807) is 7.11 Å². The summed E-state index contributed by atoms with van der Waals surface area (Å²) in [7, 11) is 1.65. The second-order valence-electron chi connectivity index (χ2n) is 6.31. The number of aliphatic hydroxyl groups excluding tert-OH is 1. The smallest absolute Gasteiger partial charge is 0.0900 e. The molecule has 2 saturated heterocycles. The van der Waals surface area contributed by atoms with Crippen molar-refractivity contribution in [2.45, 2.75) is 25.5 Å². The van der Waals surface area contributed by atoms with Gasteiger partial charge in [-0.1, -0.05) is 0 Å². The Bertz CT molecular complexity index is 286.